The first-order chi connectivity index (χ1) is 10.4. The number of ether oxygens (including phenoxy) is 3. The molecule has 0 radical (unpaired) electrons. The molecule has 0 aromatic rings. The van der Waals surface area contributed by atoms with E-state index in [0.717, 1.165) is 13.8 Å². The lowest BCUT2D eigenvalue weighted by Crippen LogP contribution is -2.65. The van der Waals surface area contributed by atoms with Gasteiger partial charge >= 0.3 is 24.0 Å². The van der Waals surface area contributed by atoms with Gasteiger partial charge in [-0.3, -0.25) is 14.4 Å². The summed E-state index contributed by atoms with van der Waals surface area (Å²) in [6, 6.07) is -1.44. The van der Waals surface area contributed by atoms with Gasteiger partial charge in [-0.05, 0) is 6.92 Å². The molecule has 1 N–H and O–H groups in total. The van der Waals surface area contributed by atoms with Crippen LogP contribution in [0.15, 0.2) is 0 Å². The molecule has 1 aliphatic heterocycles. The van der Waals surface area contributed by atoms with Crippen LogP contribution in [0.2, 0.25) is 0 Å². The van der Waals surface area contributed by atoms with Gasteiger partial charge in [-0.25, -0.2) is 0 Å². The average Bonchev–Trinajstić information content (AvgIpc) is 2.36. The van der Waals surface area contributed by atoms with Crippen LogP contribution < -0.4 is 5.32 Å². The number of halogens is 4. The Morgan fingerprint density at radius 1 is 1.09 bits per heavy atom. The van der Waals surface area contributed by atoms with E-state index in [4.69, 9.17) is 14.2 Å². The van der Waals surface area contributed by atoms with Crippen LogP contribution in [-0.4, -0.2) is 53.4 Å². The van der Waals surface area contributed by atoms with Gasteiger partial charge < -0.3 is 19.5 Å². The van der Waals surface area contributed by atoms with Crippen LogP contribution in [0.1, 0.15) is 20.8 Å². The summed E-state index contributed by atoms with van der Waals surface area (Å²) in [5.74, 6) is -3.83. The summed E-state index contributed by atoms with van der Waals surface area (Å²) in [5, 5.41) is 0.708. The highest BCUT2D eigenvalue weighted by Crippen LogP contribution is 2.30. The van der Waals surface area contributed by atoms with Crippen LogP contribution in [0.25, 0.3) is 0 Å². The molecule has 0 saturated carbocycles. The van der Waals surface area contributed by atoms with E-state index in [1.807, 2.05) is 0 Å². The Morgan fingerprint density at radius 2 is 1.57 bits per heavy atom. The van der Waals surface area contributed by atoms with Gasteiger partial charge in [-0.15, -0.1) is 0 Å². The van der Waals surface area contributed by atoms with Crippen LogP contribution in [0.5, 0.6) is 0 Å². The molecule has 0 aliphatic carbocycles. The fourth-order valence-electron chi connectivity index (χ4n) is 2.08. The number of hydrogen-bond donors (Lipinski definition) is 1. The maximum absolute atomic E-state index is 12.5. The largest absolute Gasteiger partial charge is 0.471 e. The molecule has 0 bridgehead atoms. The number of alkyl halides is 4. The van der Waals surface area contributed by atoms with E-state index in [2.05, 4.69) is 15.9 Å². The van der Waals surface area contributed by atoms with Crippen LogP contribution >= 0.6 is 15.9 Å². The van der Waals surface area contributed by atoms with E-state index in [0.29, 0.717) is 0 Å². The SMILES string of the molecule is CC(=O)O[C@@H]1[C@H](NC(=O)C(F)(F)F)[C@@H](OC(C)=O)[C@H](Br)O[C@H]1C. The van der Waals surface area contributed by atoms with Gasteiger partial charge in [-0.2, -0.15) is 13.2 Å². The van der Waals surface area contributed by atoms with E-state index in [-0.39, 0.29) is 0 Å². The fourth-order valence-corrected chi connectivity index (χ4v) is 2.86. The second-order valence-corrected chi connectivity index (χ2v) is 5.74. The van der Waals surface area contributed by atoms with Crippen molar-refractivity contribution in [2.45, 2.75) is 56.3 Å². The van der Waals surface area contributed by atoms with Gasteiger partial charge in [0.05, 0.1) is 6.10 Å². The molecule has 1 saturated heterocycles. The monoisotopic (exact) mass is 405 g/mol. The summed E-state index contributed by atoms with van der Waals surface area (Å²) in [5.41, 5.74) is 0. The quantitative estimate of drug-likeness (QED) is 0.557. The second kappa shape index (κ2) is 7.47. The average molecular weight is 406 g/mol. The van der Waals surface area contributed by atoms with E-state index in [9.17, 15) is 27.6 Å². The van der Waals surface area contributed by atoms with Crippen LogP contribution in [0.4, 0.5) is 13.2 Å². The molecule has 1 heterocycles. The molecule has 1 aliphatic rings. The van der Waals surface area contributed by atoms with Gasteiger partial charge in [0.1, 0.15) is 6.04 Å². The lowest BCUT2D eigenvalue weighted by atomic mass is 9.97. The molecule has 5 atom stereocenters. The summed E-state index contributed by atoms with van der Waals surface area (Å²) < 4.78 is 52.7. The van der Waals surface area contributed by atoms with Crippen molar-refractivity contribution in [1.29, 1.82) is 0 Å². The highest BCUT2D eigenvalue weighted by atomic mass is 79.9. The van der Waals surface area contributed by atoms with E-state index in [1.54, 1.807) is 5.32 Å². The smallest absolute Gasteiger partial charge is 0.457 e. The first-order valence-corrected chi connectivity index (χ1v) is 7.36. The molecule has 1 fully saturated rings. The number of hydrogen-bond acceptors (Lipinski definition) is 6. The highest BCUT2D eigenvalue weighted by molar-refractivity contribution is 9.09. The molecule has 23 heavy (non-hydrogen) atoms. The van der Waals surface area contributed by atoms with Crippen molar-refractivity contribution in [3.05, 3.63) is 0 Å². The maximum atomic E-state index is 12.5. The van der Waals surface area contributed by atoms with Gasteiger partial charge in [0.2, 0.25) is 0 Å². The third-order valence-corrected chi connectivity index (χ3v) is 3.67. The molecule has 1 amide bonds. The number of esters is 2. The standard InChI is InChI=1S/C12H15BrF3NO6/c1-4-8(22-5(2)18)7(17-11(20)12(14,15)16)9(10(13)21-4)23-6(3)19/h4,7-10H,1-3H3,(H,17,20)/t4-,7-,8-,9+,10+/m0/s1. The van der Waals surface area contributed by atoms with E-state index in [1.165, 1.54) is 6.92 Å². The summed E-state index contributed by atoms with van der Waals surface area (Å²) in [4.78, 5) is 33.6. The second-order valence-electron chi connectivity index (χ2n) is 4.84. The molecule has 0 unspecified atom stereocenters. The number of rotatable bonds is 3. The summed E-state index contributed by atoms with van der Waals surface area (Å²) >= 11 is 3.03. The number of nitrogens with one attached hydrogen (secondary N) is 1. The van der Waals surface area contributed by atoms with Crippen LogP contribution in [-0.2, 0) is 28.6 Å². The van der Waals surface area contributed by atoms with Crippen molar-refractivity contribution in [2.75, 3.05) is 0 Å². The zero-order valence-corrected chi connectivity index (χ0v) is 13.9. The summed E-state index contributed by atoms with van der Waals surface area (Å²) in [6.45, 7) is 3.54. The topological polar surface area (TPSA) is 90.9 Å². The minimum Gasteiger partial charge on any atom is -0.457 e. The Morgan fingerprint density at radius 3 is 2.00 bits per heavy atom. The molecule has 0 spiro atoms. The first-order valence-electron chi connectivity index (χ1n) is 6.45. The Balaban J connectivity index is 3.12. The Labute approximate surface area is 137 Å². The first kappa shape index (κ1) is 19.7. The molecule has 1 rings (SSSR count). The van der Waals surface area contributed by atoms with Crippen molar-refractivity contribution in [1.82, 2.24) is 5.32 Å². The lowest BCUT2D eigenvalue weighted by molar-refractivity contribution is -0.200. The molecule has 7 nitrogen and oxygen atoms in total. The van der Waals surface area contributed by atoms with E-state index >= 15 is 0 Å². The van der Waals surface area contributed by atoms with Crippen LogP contribution in [0.3, 0.4) is 0 Å². The zero-order valence-electron chi connectivity index (χ0n) is 12.3. The molecule has 11 heteroatoms. The number of carbonyl (C=O) groups is 3. The third-order valence-electron chi connectivity index (χ3n) is 2.93. The third kappa shape index (κ3) is 5.34. The lowest BCUT2D eigenvalue weighted by Gasteiger charge is -2.43. The molecule has 0 aromatic heterocycles. The summed E-state index contributed by atoms with van der Waals surface area (Å²) in [6.07, 6.45) is -8.59. The molecule has 132 valence electrons. The number of amides is 1. The normalized spacial score (nSPS) is 31.2. The number of carbonyl (C=O) groups excluding carboxylic acids is 3. The van der Waals surface area contributed by atoms with Gasteiger partial charge in [0, 0.05) is 13.8 Å². The van der Waals surface area contributed by atoms with Gasteiger partial charge in [0.15, 0.2) is 17.2 Å². The van der Waals surface area contributed by atoms with Crippen molar-refractivity contribution in [3.63, 3.8) is 0 Å². The van der Waals surface area contributed by atoms with E-state index < -0.39 is 53.4 Å². The minimum absolute atomic E-state index is 0.786. The Kier molecular flexibility index (Phi) is 6.40. The molecular weight excluding hydrogens is 391 g/mol. The van der Waals surface area contributed by atoms with Crippen molar-refractivity contribution in [3.8, 4) is 0 Å². The van der Waals surface area contributed by atoms with Crippen molar-refractivity contribution in [2.24, 2.45) is 0 Å². The molecular formula is C12H15BrF3NO6. The highest BCUT2D eigenvalue weighted by Gasteiger charge is 2.51. The van der Waals surface area contributed by atoms with Crippen molar-refractivity contribution >= 4 is 33.8 Å². The zero-order chi connectivity index (χ0) is 17.9. The predicted octanol–water partition coefficient (Wildman–Crippen LogP) is 1.04. The predicted molar refractivity (Wildman–Crippen MR) is 72.4 cm³/mol. The Bertz CT molecular complexity index is 458. The Hall–Kier alpha value is -1.36. The van der Waals surface area contributed by atoms with Gasteiger partial charge in [0.25, 0.3) is 0 Å². The summed E-state index contributed by atoms with van der Waals surface area (Å²) in [7, 11) is 0. The van der Waals surface area contributed by atoms with Crippen LogP contribution in [0, 0.1) is 0 Å². The maximum Gasteiger partial charge on any atom is 0.471 e. The molecule has 0 aromatic carbocycles. The fraction of sp³-hybridized carbons (Fsp3) is 0.750. The van der Waals surface area contributed by atoms with Crippen molar-refractivity contribution < 1.29 is 41.8 Å². The minimum atomic E-state index is -5.15. The van der Waals surface area contributed by atoms with Gasteiger partial charge in [-0.1, -0.05) is 15.9 Å².